The van der Waals surface area contributed by atoms with Gasteiger partial charge in [0.1, 0.15) is 6.54 Å². The van der Waals surface area contributed by atoms with E-state index in [0.29, 0.717) is 16.4 Å². The number of benzene rings is 3. The number of nitro benzene ring substituents is 1. The molecule has 1 heterocycles. The van der Waals surface area contributed by atoms with E-state index in [9.17, 15) is 24.5 Å². The Morgan fingerprint density at radius 2 is 1.86 bits per heavy atom. The second kappa shape index (κ2) is 10.2. The van der Waals surface area contributed by atoms with Crippen molar-refractivity contribution < 1.29 is 24.0 Å². The summed E-state index contributed by atoms with van der Waals surface area (Å²) in [5, 5.41) is 17.5. The largest absolute Gasteiger partial charge is 0.452 e. The molecule has 0 aromatic heterocycles. The van der Waals surface area contributed by atoms with Crippen molar-refractivity contribution in [2.24, 2.45) is 0 Å². The molecular weight excluding hydrogens is 476 g/mol. The van der Waals surface area contributed by atoms with Crippen LogP contribution in [0, 0.1) is 10.1 Å². The van der Waals surface area contributed by atoms with Crippen LogP contribution in [-0.2, 0) is 20.9 Å². The van der Waals surface area contributed by atoms with Crippen molar-refractivity contribution in [3.8, 4) is 0 Å². The van der Waals surface area contributed by atoms with Crippen molar-refractivity contribution in [3.05, 3.63) is 93.0 Å². The summed E-state index contributed by atoms with van der Waals surface area (Å²) in [6.07, 6.45) is 0. The molecule has 0 radical (unpaired) electrons. The number of carbonyl (C=O) groups excluding carboxylic acids is 3. The summed E-state index contributed by atoms with van der Waals surface area (Å²) in [6, 6.07) is 17.5. The highest BCUT2D eigenvalue weighted by atomic mass is 35.5. The fourth-order valence-corrected chi connectivity index (χ4v) is 3.74. The third-order valence-corrected chi connectivity index (χ3v) is 5.63. The standard InChI is InChI=1S/C24H19ClN4O6/c25-18-6-2-1-5-15(18)12-26-19-10-9-16(29(33)34)11-17(19)24(32)35-14-23(31)28-13-22(30)27-20-7-3-4-8-21(20)28/h1-11,26H,12-14H2,(H,27,30). The molecule has 2 amide bonds. The van der Waals surface area contributed by atoms with Crippen LogP contribution in [0.2, 0.25) is 5.02 Å². The van der Waals surface area contributed by atoms with Crippen molar-refractivity contribution in [1.82, 2.24) is 0 Å². The number of nitrogens with one attached hydrogen (secondary N) is 2. The molecule has 4 rings (SSSR count). The van der Waals surface area contributed by atoms with Crippen LogP contribution in [0.3, 0.4) is 0 Å². The Morgan fingerprint density at radius 3 is 2.63 bits per heavy atom. The van der Waals surface area contributed by atoms with E-state index in [0.717, 1.165) is 11.6 Å². The highest BCUT2D eigenvalue weighted by Gasteiger charge is 2.28. The highest BCUT2D eigenvalue weighted by Crippen LogP contribution is 2.29. The van der Waals surface area contributed by atoms with Crippen molar-refractivity contribution in [2.75, 3.05) is 28.7 Å². The van der Waals surface area contributed by atoms with Gasteiger partial charge in [0.25, 0.3) is 11.6 Å². The monoisotopic (exact) mass is 494 g/mol. The van der Waals surface area contributed by atoms with E-state index in [1.807, 2.05) is 0 Å². The molecule has 1 aliphatic heterocycles. The lowest BCUT2D eigenvalue weighted by Gasteiger charge is -2.28. The van der Waals surface area contributed by atoms with Crippen molar-refractivity contribution in [2.45, 2.75) is 6.54 Å². The fraction of sp³-hybridized carbons (Fsp3) is 0.125. The quantitative estimate of drug-likeness (QED) is 0.288. The van der Waals surface area contributed by atoms with Crippen LogP contribution in [0.4, 0.5) is 22.7 Å². The molecule has 178 valence electrons. The Hall–Kier alpha value is -4.44. The van der Waals surface area contributed by atoms with Crippen LogP contribution >= 0.6 is 11.6 Å². The van der Waals surface area contributed by atoms with E-state index in [4.69, 9.17) is 16.3 Å². The van der Waals surface area contributed by atoms with Crippen molar-refractivity contribution >= 4 is 52.1 Å². The number of nitro groups is 1. The maximum absolute atomic E-state index is 12.9. The maximum atomic E-state index is 12.9. The van der Waals surface area contributed by atoms with Crippen molar-refractivity contribution in [1.29, 1.82) is 0 Å². The number of hydrogen-bond acceptors (Lipinski definition) is 7. The summed E-state index contributed by atoms with van der Waals surface area (Å²) in [5.74, 6) is -1.93. The number of hydrogen-bond donors (Lipinski definition) is 2. The molecule has 0 bridgehead atoms. The second-order valence-corrected chi connectivity index (χ2v) is 7.96. The molecule has 11 heteroatoms. The van der Waals surface area contributed by atoms with Crippen LogP contribution in [-0.4, -0.2) is 35.9 Å². The Labute approximate surface area is 204 Å². The van der Waals surface area contributed by atoms with Gasteiger partial charge in [-0.3, -0.25) is 24.6 Å². The normalized spacial score (nSPS) is 12.4. The number of anilines is 3. The van der Waals surface area contributed by atoms with Crippen LogP contribution in [0.5, 0.6) is 0 Å². The van der Waals surface area contributed by atoms with Gasteiger partial charge in [0, 0.05) is 29.4 Å². The van der Waals surface area contributed by atoms with Gasteiger partial charge in [-0.15, -0.1) is 0 Å². The molecule has 0 spiro atoms. The van der Waals surface area contributed by atoms with E-state index < -0.39 is 23.4 Å². The van der Waals surface area contributed by atoms with Gasteiger partial charge in [0.05, 0.1) is 21.9 Å². The maximum Gasteiger partial charge on any atom is 0.341 e. The van der Waals surface area contributed by atoms with Crippen LogP contribution in [0.15, 0.2) is 66.7 Å². The molecular formula is C24H19ClN4O6. The van der Waals surface area contributed by atoms with Crippen LogP contribution < -0.4 is 15.5 Å². The minimum Gasteiger partial charge on any atom is -0.452 e. The number of nitrogens with zero attached hydrogens (tertiary/aromatic N) is 2. The summed E-state index contributed by atoms with van der Waals surface area (Å²) in [4.78, 5) is 49.4. The topological polar surface area (TPSA) is 131 Å². The summed E-state index contributed by atoms with van der Waals surface area (Å²) >= 11 is 6.17. The van der Waals surface area contributed by atoms with Gasteiger partial charge in [0.2, 0.25) is 5.91 Å². The first kappa shape index (κ1) is 23.7. The van der Waals surface area contributed by atoms with Gasteiger partial charge in [-0.25, -0.2) is 4.79 Å². The number of carbonyl (C=O) groups is 3. The van der Waals surface area contributed by atoms with Gasteiger partial charge in [-0.1, -0.05) is 41.9 Å². The van der Waals surface area contributed by atoms with Crippen LogP contribution in [0.25, 0.3) is 0 Å². The lowest BCUT2D eigenvalue weighted by Crippen LogP contribution is -2.44. The predicted octanol–water partition coefficient (Wildman–Crippen LogP) is 4.00. The van der Waals surface area contributed by atoms with Gasteiger partial charge in [0.15, 0.2) is 6.61 Å². The van der Waals surface area contributed by atoms with E-state index in [2.05, 4.69) is 10.6 Å². The fourth-order valence-electron chi connectivity index (χ4n) is 3.54. The first-order chi connectivity index (χ1) is 16.8. The molecule has 3 aromatic rings. The SMILES string of the molecule is O=C1CN(C(=O)COC(=O)c2cc([N+](=O)[O-])ccc2NCc2ccccc2Cl)c2ccccc2N1. The predicted molar refractivity (Wildman–Crippen MR) is 130 cm³/mol. The molecule has 1 aliphatic rings. The number of halogens is 1. The van der Waals surface area contributed by atoms with E-state index in [1.165, 1.54) is 17.0 Å². The Morgan fingerprint density at radius 1 is 1.11 bits per heavy atom. The van der Waals surface area contributed by atoms with Crippen molar-refractivity contribution in [3.63, 3.8) is 0 Å². The van der Waals surface area contributed by atoms with Gasteiger partial charge in [-0.05, 0) is 29.8 Å². The summed E-state index contributed by atoms with van der Waals surface area (Å²) in [7, 11) is 0. The highest BCUT2D eigenvalue weighted by molar-refractivity contribution is 6.31. The molecule has 35 heavy (non-hydrogen) atoms. The van der Waals surface area contributed by atoms with Gasteiger partial charge >= 0.3 is 5.97 Å². The number of ether oxygens (including phenoxy) is 1. The Balaban J connectivity index is 1.50. The molecule has 10 nitrogen and oxygen atoms in total. The van der Waals surface area contributed by atoms with Gasteiger partial charge in [-0.2, -0.15) is 0 Å². The third-order valence-electron chi connectivity index (χ3n) is 5.26. The minimum absolute atomic E-state index is 0.115. The molecule has 0 aliphatic carbocycles. The molecule has 0 fully saturated rings. The van der Waals surface area contributed by atoms with Gasteiger partial charge < -0.3 is 15.4 Å². The first-order valence-electron chi connectivity index (χ1n) is 10.5. The second-order valence-electron chi connectivity index (χ2n) is 7.55. The summed E-state index contributed by atoms with van der Waals surface area (Å²) in [6.45, 7) is -0.641. The minimum atomic E-state index is -0.932. The van der Waals surface area contributed by atoms with E-state index >= 15 is 0 Å². The number of rotatable bonds is 7. The average molecular weight is 495 g/mol. The molecule has 2 N–H and O–H groups in total. The van der Waals surface area contributed by atoms with Crippen LogP contribution in [0.1, 0.15) is 15.9 Å². The summed E-state index contributed by atoms with van der Waals surface area (Å²) in [5.41, 5.74) is 1.54. The molecule has 3 aromatic carbocycles. The number of para-hydroxylation sites is 2. The van der Waals surface area contributed by atoms with E-state index in [-0.39, 0.29) is 35.9 Å². The number of non-ortho nitro benzene ring substituents is 1. The zero-order valence-corrected chi connectivity index (χ0v) is 18.9. The number of esters is 1. The first-order valence-corrected chi connectivity index (χ1v) is 10.8. The Kier molecular flexibility index (Phi) is 6.93. The number of amides is 2. The zero-order valence-electron chi connectivity index (χ0n) is 18.2. The lowest BCUT2D eigenvalue weighted by molar-refractivity contribution is -0.384. The average Bonchev–Trinajstić information content (AvgIpc) is 2.85. The molecule has 0 unspecified atom stereocenters. The molecule has 0 saturated carbocycles. The number of fused-ring (bicyclic) bond motifs is 1. The third kappa shape index (κ3) is 5.39. The zero-order chi connectivity index (χ0) is 24.9. The molecule has 0 saturated heterocycles. The van der Waals surface area contributed by atoms with E-state index in [1.54, 1.807) is 48.5 Å². The Bertz CT molecular complexity index is 1330. The lowest BCUT2D eigenvalue weighted by atomic mass is 10.1. The summed E-state index contributed by atoms with van der Waals surface area (Å²) < 4.78 is 5.19. The molecule has 0 atom stereocenters. The smallest absolute Gasteiger partial charge is 0.341 e.